The van der Waals surface area contributed by atoms with E-state index in [0.717, 1.165) is 23.6 Å². The molecular formula is C14H17ClN2. The summed E-state index contributed by atoms with van der Waals surface area (Å²) in [5, 5.41) is 5.59. The van der Waals surface area contributed by atoms with E-state index < -0.39 is 0 Å². The van der Waals surface area contributed by atoms with E-state index in [0.29, 0.717) is 5.41 Å². The lowest BCUT2D eigenvalue weighted by molar-refractivity contribution is 0.500. The minimum absolute atomic E-state index is 0.565. The first-order valence-corrected chi connectivity index (χ1v) is 6.50. The van der Waals surface area contributed by atoms with Gasteiger partial charge in [0.1, 0.15) is 0 Å². The fourth-order valence-electron chi connectivity index (χ4n) is 2.19. The third-order valence-corrected chi connectivity index (χ3v) is 3.94. The van der Waals surface area contributed by atoms with Crippen LogP contribution in [0.4, 0.5) is 0 Å². The monoisotopic (exact) mass is 248 g/mol. The second-order valence-electron chi connectivity index (χ2n) is 5.42. The molecule has 0 bridgehead atoms. The molecule has 90 valence electrons. The highest BCUT2D eigenvalue weighted by Crippen LogP contribution is 2.44. The number of rotatable bonds is 4. The van der Waals surface area contributed by atoms with Crippen molar-refractivity contribution >= 4 is 22.5 Å². The maximum Gasteiger partial charge on any atom is 0.0472 e. The van der Waals surface area contributed by atoms with Crippen molar-refractivity contribution in [1.29, 1.82) is 0 Å². The zero-order valence-corrected chi connectivity index (χ0v) is 10.8. The van der Waals surface area contributed by atoms with Crippen molar-refractivity contribution in [3.05, 3.63) is 35.0 Å². The van der Waals surface area contributed by atoms with Crippen LogP contribution in [0.3, 0.4) is 0 Å². The van der Waals surface area contributed by atoms with Crippen molar-refractivity contribution in [3.63, 3.8) is 0 Å². The molecule has 1 fully saturated rings. The van der Waals surface area contributed by atoms with Gasteiger partial charge in [-0.2, -0.15) is 0 Å². The summed E-state index contributed by atoms with van der Waals surface area (Å²) in [4.78, 5) is 3.27. The standard InChI is InChI=1S/C14H17ClN2/c1-14(4-5-14)9-16-7-10-8-17-13-6-11(15)2-3-12(10)13/h2-3,6,8,16-17H,4-5,7,9H2,1H3. The van der Waals surface area contributed by atoms with Crippen LogP contribution in [0.1, 0.15) is 25.3 Å². The molecule has 0 unspecified atom stereocenters. The maximum absolute atomic E-state index is 5.96. The van der Waals surface area contributed by atoms with Crippen LogP contribution in [0.25, 0.3) is 10.9 Å². The molecule has 1 aromatic carbocycles. The number of hydrogen-bond donors (Lipinski definition) is 2. The molecule has 3 heteroatoms. The zero-order chi connectivity index (χ0) is 11.9. The molecule has 1 saturated carbocycles. The Labute approximate surface area is 106 Å². The predicted octanol–water partition coefficient (Wildman–Crippen LogP) is 3.71. The van der Waals surface area contributed by atoms with Gasteiger partial charge < -0.3 is 10.3 Å². The molecule has 0 radical (unpaired) electrons. The Balaban J connectivity index is 1.72. The Kier molecular flexibility index (Phi) is 2.64. The van der Waals surface area contributed by atoms with Gasteiger partial charge in [-0.25, -0.2) is 0 Å². The average Bonchev–Trinajstić information content (AvgIpc) is 2.89. The molecular weight excluding hydrogens is 232 g/mol. The largest absolute Gasteiger partial charge is 0.361 e. The third-order valence-electron chi connectivity index (χ3n) is 3.70. The Bertz CT molecular complexity index is 540. The maximum atomic E-state index is 5.96. The fourth-order valence-corrected chi connectivity index (χ4v) is 2.37. The summed E-state index contributed by atoms with van der Waals surface area (Å²) in [6, 6.07) is 6.01. The first-order chi connectivity index (χ1) is 8.16. The number of hydrogen-bond acceptors (Lipinski definition) is 1. The molecule has 0 amide bonds. The molecule has 2 aromatic rings. The van der Waals surface area contributed by atoms with E-state index in [4.69, 9.17) is 11.6 Å². The van der Waals surface area contributed by atoms with Crippen molar-refractivity contribution in [2.24, 2.45) is 5.41 Å². The fraction of sp³-hybridized carbons (Fsp3) is 0.429. The smallest absolute Gasteiger partial charge is 0.0472 e. The quantitative estimate of drug-likeness (QED) is 0.848. The molecule has 1 aliphatic rings. The number of fused-ring (bicyclic) bond motifs is 1. The van der Waals surface area contributed by atoms with Crippen molar-refractivity contribution in [3.8, 4) is 0 Å². The van der Waals surface area contributed by atoms with Crippen LogP contribution in [-0.4, -0.2) is 11.5 Å². The highest BCUT2D eigenvalue weighted by atomic mass is 35.5. The van der Waals surface area contributed by atoms with Gasteiger partial charge in [-0.05, 0) is 36.0 Å². The summed E-state index contributed by atoms with van der Waals surface area (Å²) >= 11 is 5.96. The van der Waals surface area contributed by atoms with Gasteiger partial charge in [0.15, 0.2) is 0 Å². The molecule has 3 rings (SSSR count). The van der Waals surface area contributed by atoms with Gasteiger partial charge in [-0.1, -0.05) is 24.6 Å². The first-order valence-electron chi connectivity index (χ1n) is 6.13. The van der Waals surface area contributed by atoms with Gasteiger partial charge in [0.05, 0.1) is 0 Å². The first kappa shape index (κ1) is 11.1. The van der Waals surface area contributed by atoms with E-state index in [-0.39, 0.29) is 0 Å². The number of aromatic nitrogens is 1. The number of halogens is 1. The van der Waals surface area contributed by atoms with Crippen molar-refractivity contribution < 1.29 is 0 Å². The van der Waals surface area contributed by atoms with Gasteiger partial charge in [-0.3, -0.25) is 0 Å². The normalized spacial score (nSPS) is 17.5. The van der Waals surface area contributed by atoms with E-state index in [9.17, 15) is 0 Å². The Hall–Kier alpha value is -0.990. The topological polar surface area (TPSA) is 27.8 Å². The van der Waals surface area contributed by atoms with Crippen LogP contribution in [0.5, 0.6) is 0 Å². The minimum Gasteiger partial charge on any atom is -0.361 e. The molecule has 0 spiro atoms. The second-order valence-corrected chi connectivity index (χ2v) is 5.85. The summed E-state index contributed by atoms with van der Waals surface area (Å²) in [6.07, 6.45) is 4.80. The summed E-state index contributed by atoms with van der Waals surface area (Å²) in [7, 11) is 0. The molecule has 1 heterocycles. The zero-order valence-electron chi connectivity index (χ0n) is 10.0. The average molecular weight is 249 g/mol. The van der Waals surface area contributed by atoms with Crippen LogP contribution < -0.4 is 5.32 Å². The van der Waals surface area contributed by atoms with E-state index >= 15 is 0 Å². The van der Waals surface area contributed by atoms with E-state index in [2.05, 4.69) is 29.5 Å². The molecule has 2 nitrogen and oxygen atoms in total. The molecule has 0 atom stereocenters. The summed E-state index contributed by atoms with van der Waals surface area (Å²) in [5.41, 5.74) is 3.00. The third kappa shape index (κ3) is 2.33. The second kappa shape index (κ2) is 4.04. The Morgan fingerprint density at radius 3 is 3.00 bits per heavy atom. The number of aromatic amines is 1. The van der Waals surface area contributed by atoms with Gasteiger partial charge >= 0.3 is 0 Å². The van der Waals surface area contributed by atoms with E-state index in [1.807, 2.05) is 12.1 Å². The predicted molar refractivity (Wildman–Crippen MR) is 72.4 cm³/mol. The van der Waals surface area contributed by atoms with Crippen LogP contribution in [-0.2, 0) is 6.54 Å². The summed E-state index contributed by atoms with van der Waals surface area (Å²) < 4.78 is 0. The summed E-state index contributed by atoms with van der Waals surface area (Å²) in [6.45, 7) is 4.39. The molecule has 2 N–H and O–H groups in total. The highest BCUT2D eigenvalue weighted by Gasteiger charge is 2.36. The van der Waals surface area contributed by atoms with Gasteiger partial charge in [0.25, 0.3) is 0 Å². The van der Waals surface area contributed by atoms with Crippen LogP contribution >= 0.6 is 11.6 Å². The van der Waals surface area contributed by atoms with Gasteiger partial charge in [0, 0.05) is 35.2 Å². The lowest BCUT2D eigenvalue weighted by atomic mass is 10.1. The highest BCUT2D eigenvalue weighted by molar-refractivity contribution is 6.31. The van der Waals surface area contributed by atoms with Crippen molar-refractivity contribution in [1.82, 2.24) is 10.3 Å². The minimum atomic E-state index is 0.565. The van der Waals surface area contributed by atoms with E-state index in [1.54, 1.807) is 0 Å². The number of benzene rings is 1. The van der Waals surface area contributed by atoms with Gasteiger partial charge in [0.2, 0.25) is 0 Å². The van der Waals surface area contributed by atoms with Crippen molar-refractivity contribution in [2.45, 2.75) is 26.3 Å². The molecule has 17 heavy (non-hydrogen) atoms. The Morgan fingerprint density at radius 1 is 1.41 bits per heavy atom. The Morgan fingerprint density at radius 2 is 2.24 bits per heavy atom. The van der Waals surface area contributed by atoms with Crippen molar-refractivity contribution in [2.75, 3.05) is 6.54 Å². The number of H-pyrrole nitrogens is 1. The van der Waals surface area contributed by atoms with Crippen LogP contribution in [0.15, 0.2) is 24.4 Å². The lowest BCUT2D eigenvalue weighted by Gasteiger charge is -2.09. The van der Waals surface area contributed by atoms with Crippen LogP contribution in [0.2, 0.25) is 5.02 Å². The van der Waals surface area contributed by atoms with E-state index in [1.165, 1.54) is 23.8 Å². The van der Waals surface area contributed by atoms with Gasteiger partial charge in [-0.15, -0.1) is 0 Å². The molecule has 0 aliphatic heterocycles. The molecule has 0 saturated heterocycles. The summed E-state index contributed by atoms with van der Waals surface area (Å²) in [5.74, 6) is 0. The molecule has 1 aromatic heterocycles. The SMILES string of the molecule is CC1(CNCc2c[nH]c3cc(Cl)ccc23)CC1. The lowest BCUT2D eigenvalue weighted by Crippen LogP contribution is -2.21. The molecule has 1 aliphatic carbocycles. The number of nitrogens with one attached hydrogen (secondary N) is 2. The van der Waals surface area contributed by atoms with Crippen LogP contribution in [0, 0.1) is 5.41 Å².